The lowest BCUT2D eigenvalue weighted by Gasteiger charge is -2.11. The van der Waals surface area contributed by atoms with Gasteiger partial charge in [-0.3, -0.25) is 4.79 Å². The van der Waals surface area contributed by atoms with E-state index in [1.165, 1.54) is 0 Å². The van der Waals surface area contributed by atoms with Crippen LogP contribution in [0.4, 0.5) is 5.69 Å². The number of pyridine rings is 1. The van der Waals surface area contributed by atoms with Gasteiger partial charge in [0.15, 0.2) is 0 Å². The molecule has 0 bridgehead atoms. The van der Waals surface area contributed by atoms with E-state index >= 15 is 0 Å². The normalized spacial score (nSPS) is 10.9. The molecule has 3 aromatic carbocycles. The van der Waals surface area contributed by atoms with Crippen LogP contribution in [0, 0.1) is 6.92 Å². The zero-order valence-electron chi connectivity index (χ0n) is 18.6. The van der Waals surface area contributed by atoms with Gasteiger partial charge in [-0.05, 0) is 60.5 Å². The number of para-hydroxylation sites is 2. The first-order chi connectivity index (χ1) is 16.5. The Morgan fingerprint density at radius 1 is 1.00 bits per heavy atom. The van der Waals surface area contributed by atoms with Crippen LogP contribution in [0.25, 0.3) is 33.5 Å². The molecule has 0 saturated heterocycles. The van der Waals surface area contributed by atoms with Gasteiger partial charge < -0.3 is 15.0 Å². The van der Waals surface area contributed by atoms with Gasteiger partial charge in [-0.15, -0.1) is 0 Å². The Morgan fingerprint density at radius 2 is 1.82 bits per heavy atom. The Bertz CT molecular complexity index is 1480. The van der Waals surface area contributed by atoms with E-state index in [2.05, 4.69) is 20.3 Å². The van der Waals surface area contributed by atoms with Crippen LogP contribution in [-0.4, -0.2) is 28.0 Å². The third-order valence-electron chi connectivity index (χ3n) is 5.62. The van der Waals surface area contributed by atoms with Crippen molar-refractivity contribution in [3.05, 3.63) is 95.1 Å². The molecular formula is C27H21ClN4O2. The molecule has 5 rings (SSSR count). The van der Waals surface area contributed by atoms with Gasteiger partial charge in [0.05, 0.1) is 23.2 Å². The number of aryl methyl sites for hydroxylation is 1. The van der Waals surface area contributed by atoms with Crippen molar-refractivity contribution in [3.8, 4) is 28.4 Å². The molecule has 0 atom stereocenters. The number of halogens is 1. The minimum Gasteiger partial charge on any atom is -0.481 e. The third-order valence-corrected chi connectivity index (χ3v) is 5.95. The molecule has 7 heteroatoms. The second-order valence-corrected chi connectivity index (χ2v) is 8.28. The highest BCUT2D eigenvalue weighted by molar-refractivity contribution is 6.33. The fraction of sp³-hybridized carbons (Fsp3) is 0.0741. The summed E-state index contributed by atoms with van der Waals surface area (Å²) >= 11 is 6.45. The van der Waals surface area contributed by atoms with Crippen LogP contribution in [0.15, 0.2) is 79.0 Å². The van der Waals surface area contributed by atoms with E-state index in [0.717, 1.165) is 33.3 Å². The first-order valence-corrected chi connectivity index (χ1v) is 11.1. The average Bonchev–Trinajstić information content (AvgIpc) is 3.29. The molecule has 2 heterocycles. The number of rotatable bonds is 5. The summed E-state index contributed by atoms with van der Waals surface area (Å²) in [6.07, 6.45) is 1.75. The van der Waals surface area contributed by atoms with Crippen LogP contribution in [0.3, 0.4) is 0 Å². The first-order valence-electron chi connectivity index (χ1n) is 10.7. The van der Waals surface area contributed by atoms with E-state index in [1.807, 2.05) is 67.6 Å². The molecule has 6 nitrogen and oxygen atoms in total. The van der Waals surface area contributed by atoms with Gasteiger partial charge in [0.1, 0.15) is 5.82 Å². The maximum atomic E-state index is 13.0. The van der Waals surface area contributed by atoms with Crippen molar-refractivity contribution in [1.29, 1.82) is 0 Å². The van der Waals surface area contributed by atoms with E-state index in [0.29, 0.717) is 28.0 Å². The van der Waals surface area contributed by atoms with Crippen LogP contribution in [0.1, 0.15) is 15.9 Å². The molecule has 0 radical (unpaired) electrons. The number of aromatic amines is 1. The molecule has 0 unspecified atom stereocenters. The molecule has 0 aliphatic carbocycles. The second kappa shape index (κ2) is 9.00. The summed E-state index contributed by atoms with van der Waals surface area (Å²) in [7, 11) is 1.58. The van der Waals surface area contributed by atoms with Crippen molar-refractivity contribution in [3.63, 3.8) is 0 Å². The Morgan fingerprint density at radius 3 is 2.56 bits per heavy atom. The molecule has 34 heavy (non-hydrogen) atoms. The summed E-state index contributed by atoms with van der Waals surface area (Å²) in [6, 6.07) is 22.6. The topological polar surface area (TPSA) is 79.9 Å². The maximum absolute atomic E-state index is 13.0. The summed E-state index contributed by atoms with van der Waals surface area (Å²) in [5, 5.41) is 3.52. The standard InChI is InChI=1S/C27H21ClN4O2/c1-16-13-17(18-8-12-25(34-2)29-15-18)7-10-20(16)27(33)30-19-9-11-22(28)21(14-19)26-31-23-5-3-4-6-24(23)32-26/h3-15H,1-2H3,(H,30,33)(H,31,32). The van der Waals surface area contributed by atoms with Gasteiger partial charge in [0.25, 0.3) is 5.91 Å². The Hall–Kier alpha value is -4.16. The minimum absolute atomic E-state index is 0.199. The predicted molar refractivity (Wildman–Crippen MR) is 135 cm³/mol. The van der Waals surface area contributed by atoms with Crippen molar-refractivity contribution < 1.29 is 9.53 Å². The third kappa shape index (κ3) is 4.23. The maximum Gasteiger partial charge on any atom is 0.255 e. The summed E-state index contributed by atoms with van der Waals surface area (Å²) < 4.78 is 5.12. The number of fused-ring (bicyclic) bond motifs is 1. The van der Waals surface area contributed by atoms with Gasteiger partial charge in [0.2, 0.25) is 5.88 Å². The second-order valence-electron chi connectivity index (χ2n) is 7.87. The molecule has 2 N–H and O–H groups in total. The number of methoxy groups -OCH3 is 1. The largest absolute Gasteiger partial charge is 0.481 e. The van der Waals surface area contributed by atoms with Crippen LogP contribution in [-0.2, 0) is 0 Å². The molecule has 168 valence electrons. The lowest BCUT2D eigenvalue weighted by molar-refractivity contribution is 0.102. The molecule has 0 aliphatic rings. The number of ether oxygens (including phenoxy) is 1. The van der Waals surface area contributed by atoms with Crippen LogP contribution in [0.2, 0.25) is 5.02 Å². The number of hydrogen-bond donors (Lipinski definition) is 2. The summed E-state index contributed by atoms with van der Waals surface area (Å²) in [6.45, 7) is 1.91. The number of imidazole rings is 1. The average molecular weight is 469 g/mol. The van der Waals surface area contributed by atoms with Crippen molar-refractivity contribution in [2.24, 2.45) is 0 Å². The van der Waals surface area contributed by atoms with Gasteiger partial charge in [0, 0.05) is 34.6 Å². The minimum atomic E-state index is -0.199. The SMILES string of the molecule is COc1ccc(-c2ccc(C(=O)Nc3ccc(Cl)c(-c4nc5ccccc5[nH]4)c3)c(C)c2)cn1. The van der Waals surface area contributed by atoms with Gasteiger partial charge in [-0.25, -0.2) is 9.97 Å². The van der Waals surface area contributed by atoms with Gasteiger partial charge in [-0.2, -0.15) is 0 Å². The smallest absolute Gasteiger partial charge is 0.255 e. The van der Waals surface area contributed by atoms with Crippen molar-refractivity contribution in [2.75, 3.05) is 12.4 Å². The number of nitrogens with zero attached hydrogens (tertiary/aromatic N) is 2. The predicted octanol–water partition coefficient (Wildman–Crippen LogP) is 6.51. The molecule has 5 aromatic rings. The summed E-state index contributed by atoms with van der Waals surface area (Å²) in [5.41, 5.74) is 6.49. The Kier molecular flexibility index (Phi) is 5.74. The number of anilines is 1. The Balaban J connectivity index is 1.39. The van der Waals surface area contributed by atoms with E-state index in [9.17, 15) is 4.79 Å². The highest BCUT2D eigenvalue weighted by atomic mass is 35.5. The number of amides is 1. The number of carbonyl (C=O) groups is 1. The quantitative estimate of drug-likeness (QED) is 0.308. The van der Waals surface area contributed by atoms with E-state index < -0.39 is 0 Å². The monoisotopic (exact) mass is 468 g/mol. The molecular weight excluding hydrogens is 448 g/mol. The van der Waals surface area contributed by atoms with E-state index in [4.69, 9.17) is 16.3 Å². The molecule has 1 amide bonds. The van der Waals surface area contributed by atoms with Gasteiger partial charge in [-0.1, -0.05) is 35.9 Å². The highest BCUT2D eigenvalue weighted by Crippen LogP contribution is 2.31. The first kappa shape index (κ1) is 21.7. The molecule has 0 spiro atoms. The Labute approximate surface area is 201 Å². The van der Waals surface area contributed by atoms with Crippen LogP contribution in [0.5, 0.6) is 5.88 Å². The molecule has 2 aromatic heterocycles. The molecule has 0 fully saturated rings. The van der Waals surface area contributed by atoms with Crippen molar-refractivity contribution in [2.45, 2.75) is 6.92 Å². The number of carbonyl (C=O) groups excluding carboxylic acids is 1. The van der Waals surface area contributed by atoms with Crippen molar-refractivity contribution >= 4 is 34.2 Å². The number of benzene rings is 3. The van der Waals surface area contributed by atoms with E-state index in [1.54, 1.807) is 25.4 Å². The van der Waals surface area contributed by atoms with Crippen LogP contribution < -0.4 is 10.1 Å². The summed E-state index contributed by atoms with van der Waals surface area (Å²) in [4.78, 5) is 25.2. The summed E-state index contributed by atoms with van der Waals surface area (Å²) in [5.74, 6) is 1.01. The number of aromatic nitrogens is 3. The van der Waals surface area contributed by atoms with Gasteiger partial charge >= 0.3 is 0 Å². The molecule has 0 aliphatic heterocycles. The van der Waals surface area contributed by atoms with E-state index in [-0.39, 0.29) is 5.91 Å². The van der Waals surface area contributed by atoms with Crippen LogP contribution >= 0.6 is 11.6 Å². The zero-order valence-corrected chi connectivity index (χ0v) is 19.4. The fourth-order valence-electron chi connectivity index (χ4n) is 3.83. The fourth-order valence-corrected chi connectivity index (χ4v) is 4.04. The van der Waals surface area contributed by atoms with Crippen molar-refractivity contribution in [1.82, 2.24) is 15.0 Å². The lowest BCUT2D eigenvalue weighted by Crippen LogP contribution is -2.13. The highest BCUT2D eigenvalue weighted by Gasteiger charge is 2.14. The number of hydrogen-bond acceptors (Lipinski definition) is 4. The molecule has 0 saturated carbocycles. The number of H-pyrrole nitrogens is 1. The lowest BCUT2D eigenvalue weighted by atomic mass is 10.0. The zero-order chi connectivity index (χ0) is 23.7. The number of nitrogens with one attached hydrogen (secondary N) is 2.